The van der Waals surface area contributed by atoms with Gasteiger partial charge in [0.05, 0.1) is 27.8 Å². The summed E-state index contributed by atoms with van der Waals surface area (Å²) < 4.78 is 10.4. The number of carbonyl (C=O) groups excluding carboxylic acids is 1. The number of benzene rings is 3. The molecule has 10 nitrogen and oxygen atoms in total. The topological polar surface area (TPSA) is 123 Å². The van der Waals surface area contributed by atoms with E-state index in [1.165, 1.54) is 17.5 Å². The van der Waals surface area contributed by atoms with Crippen molar-refractivity contribution in [3.8, 4) is 17.2 Å². The first-order valence-electron chi connectivity index (χ1n) is 13.3. The number of aromatic nitrogens is 4. The smallest absolute Gasteiger partial charge is 0.354 e. The minimum atomic E-state index is -1.04. The van der Waals surface area contributed by atoms with Crippen molar-refractivity contribution in [3.63, 3.8) is 0 Å². The molecule has 0 aliphatic carbocycles. The molecule has 2 amide bonds. The van der Waals surface area contributed by atoms with Crippen molar-refractivity contribution in [1.82, 2.24) is 24.5 Å². The summed E-state index contributed by atoms with van der Waals surface area (Å²) in [4.78, 5) is 29.4. The first-order valence-corrected chi connectivity index (χ1v) is 14.1. The van der Waals surface area contributed by atoms with Gasteiger partial charge in [-0.1, -0.05) is 68.5 Å². The Morgan fingerprint density at radius 1 is 1.00 bits per heavy atom. The number of amides is 2. The van der Waals surface area contributed by atoms with Gasteiger partial charge in [-0.15, -0.1) is 0 Å². The Morgan fingerprint density at radius 3 is 2.52 bits per heavy atom. The highest BCUT2D eigenvalue weighted by atomic mass is 32.1. The largest absolute Gasteiger partial charge is 0.477 e. The third-order valence-electron chi connectivity index (χ3n) is 6.68. The van der Waals surface area contributed by atoms with Crippen molar-refractivity contribution in [2.24, 2.45) is 0 Å². The number of rotatable bonds is 7. The number of imidazole rings is 1. The maximum absolute atomic E-state index is 13.0. The molecule has 0 fully saturated rings. The van der Waals surface area contributed by atoms with Gasteiger partial charge in [-0.05, 0) is 30.3 Å². The van der Waals surface area contributed by atoms with Gasteiger partial charge in [-0.3, -0.25) is 9.72 Å². The number of hydrogen-bond acceptors (Lipinski definition) is 6. The standard InChI is InChI=1S/C31H28N6O4S/c1-31(2,3)26-16-27(37(35-26)20-10-5-4-6-11-20)34-29(40)32-17-19-9-7-8-12-24(19)41-21-13-14-22-25(15-21)42-30-33-18-23(28(38)39)36(22)30/h4-16,18H,17H2,1-3H3,(H,38,39)(H2,32,34,40). The Bertz CT molecular complexity index is 1930. The molecule has 3 heterocycles. The molecule has 6 aromatic rings. The molecule has 0 unspecified atom stereocenters. The van der Waals surface area contributed by atoms with E-state index in [0.29, 0.717) is 22.3 Å². The van der Waals surface area contributed by atoms with Gasteiger partial charge in [0.1, 0.15) is 17.3 Å². The lowest BCUT2D eigenvalue weighted by atomic mass is 9.92. The fraction of sp³-hybridized carbons (Fsp3) is 0.161. The molecule has 0 radical (unpaired) electrons. The zero-order chi connectivity index (χ0) is 29.4. The number of carboxylic acid groups (broad SMARTS) is 1. The van der Waals surface area contributed by atoms with Crippen molar-refractivity contribution in [3.05, 3.63) is 102 Å². The predicted molar refractivity (Wildman–Crippen MR) is 162 cm³/mol. The monoisotopic (exact) mass is 580 g/mol. The van der Waals surface area contributed by atoms with Crippen LogP contribution in [0.1, 0.15) is 42.5 Å². The van der Waals surface area contributed by atoms with Crippen LogP contribution in [-0.4, -0.2) is 36.3 Å². The first-order chi connectivity index (χ1) is 20.2. The summed E-state index contributed by atoms with van der Waals surface area (Å²) in [7, 11) is 0. The molecule has 3 aromatic heterocycles. The lowest BCUT2D eigenvalue weighted by Gasteiger charge is -2.14. The number of anilines is 1. The molecule has 0 saturated heterocycles. The third-order valence-corrected chi connectivity index (χ3v) is 7.70. The Hall–Kier alpha value is -5.16. The van der Waals surface area contributed by atoms with Crippen LogP contribution in [0, 0.1) is 0 Å². The minimum Gasteiger partial charge on any atom is -0.477 e. The summed E-state index contributed by atoms with van der Waals surface area (Å²) in [5.41, 5.74) is 3.15. The highest BCUT2D eigenvalue weighted by Crippen LogP contribution is 2.33. The van der Waals surface area contributed by atoms with Gasteiger partial charge in [0.25, 0.3) is 0 Å². The van der Waals surface area contributed by atoms with E-state index in [9.17, 15) is 14.7 Å². The second-order valence-corrected chi connectivity index (χ2v) is 11.7. The average Bonchev–Trinajstić information content (AvgIpc) is 3.66. The number of carbonyl (C=O) groups is 2. The molecule has 42 heavy (non-hydrogen) atoms. The SMILES string of the molecule is CC(C)(C)c1cc(NC(=O)NCc2ccccc2Oc2ccc3c(c2)sc2ncc(C(=O)O)n23)n(-c2ccccc2)n1. The number of para-hydroxylation sites is 2. The minimum absolute atomic E-state index is 0.112. The van der Waals surface area contributed by atoms with Gasteiger partial charge in [-0.2, -0.15) is 5.10 Å². The second-order valence-electron chi connectivity index (χ2n) is 10.7. The maximum Gasteiger partial charge on any atom is 0.354 e. The maximum atomic E-state index is 13.0. The Labute approximate surface area is 245 Å². The summed E-state index contributed by atoms with van der Waals surface area (Å²) in [5, 5.41) is 20.1. The molecule has 0 spiro atoms. The molecule has 3 N–H and O–H groups in total. The van der Waals surface area contributed by atoms with Gasteiger partial charge in [0.15, 0.2) is 10.7 Å². The molecular weight excluding hydrogens is 552 g/mol. The quantitative estimate of drug-likeness (QED) is 0.190. The van der Waals surface area contributed by atoms with Crippen LogP contribution in [0.5, 0.6) is 11.5 Å². The number of nitrogens with one attached hydrogen (secondary N) is 2. The summed E-state index contributed by atoms with van der Waals surface area (Å²) in [6, 6.07) is 24.1. The molecule has 3 aromatic carbocycles. The molecular formula is C31H28N6O4S. The summed E-state index contributed by atoms with van der Waals surface area (Å²) >= 11 is 1.38. The summed E-state index contributed by atoms with van der Waals surface area (Å²) in [6.07, 6.45) is 1.36. The van der Waals surface area contributed by atoms with Crippen LogP contribution in [0.2, 0.25) is 0 Å². The van der Waals surface area contributed by atoms with Gasteiger partial charge in [0.2, 0.25) is 0 Å². The zero-order valence-electron chi connectivity index (χ0n) is 23.2. The number of nitrogens with zero attached hydrogens (tertiary/aromatic N) is 4. The van der Waals surface area contributed by atoms with E-state index in [1.54, 1.807) is 15.1 Å². The van der Waals surface area contributed by atoms with Gasteiger partial charge >= 0.3 is 12.0 Å². The normalized spacial score (nSPS) is 11.6. The number of urea groups is 1. The van der Waals surface area contributed by atoms with Crippen LogP contribution in [-0.2, 0) is 12.0 Å². The Kier molecular flexibility index (Phi) is 6.87. The zero-order valence-corrected chi connectivity index (χ0v) is 24.0. The van der Waals surface area contributed by atoms with E-state index in [-0.39, 0.29) is 23.7 Å². The van der Waals surface area contributed by atoms with Crippen molar-refractivity contribution in [2.45, 2.75) is 32.7 Å². The third kappa shape index (κ3) is 5.29. The Balaban J connectivity index is 1.18. The highest BCUT2D eigenvalue weighted by Gasteiger charge is 2.22. The fourth-order valence-corrected chi connectivity index (χ4v) is 5.56. The Morgan fingerprint density at radius 2 is 1.76 bits per heavy atom. The molecule has 0 aliphatic rings. The van der Waals surface area contributed by atoms with E-state index < -0.39 is 5.97 Å². The average molecular weight is 581 g/mol. The van der Waals surface area contributed by atoms with Crippen molar-refractivity contribution < 1.29 is 19.4 Å². The van der Waals surface area contributed by atoms with Crippen molar-refractivity contribution in [1.29, 1.82) is 0 Å². The first kappa shape index (κ1) is 27.0. The van der Waals surface area contributed by atoms with Crippen LogP contribution in [0.15, 0.2) is 85.1 Å². The number of thiazole rings is 1. The fourth-order valence-electron chi connectivity index (χ4n) is 4.53. The van der Waals surface area contributed by atoms with Crippen LogP contribution < -0.4 is 15.4 Å². The van der Waals surface area contributed by atoms with Gasteiger partial charge < -0.3 is 15.2 Å². The second kappa shape index (κ2) is 10.7. The van der Waals surface area contributed by atoms with Gasteiger partial charge in [-0.25, -0.2) is 19.3 Å². The molecule has 212 valence electrons. The van der Waals surface area contributed by atoms with E-state index in [0.717, 1.165) is 27.2 Å². The molecule has 0 bridgehead atoms. The number of aromatic carboxylic acids is 1. The van der Waals surface area contributed by atoms with Crippen LogP contribution in [0.25, 0.3) is 20.9 Å². The van der Waals surface area contributed by atoms with Crippen LogP contribution in [0.4, 0.5) is 10.6 Å². The summed E-state index contributed by atoms with van der Waals surface area (Å²) in [6.45, 7) is 6.46. The molecule has 6 rings (SSSR count). The number of hydrogen-bond donors (Lipinski definition) is 3. The number of ether oxygens (including phenoxy) is 1. The number of carboxylic acids is 1. The van der Waals surface area contributed by atoms with Crippen molar-refractivity contribution in [2.75, 3.05) is 5.32 Å². The molecule has 0 aliphatic heterocycles. The predicted octanol–water partition coefficient (Wildman–Crippen LogP) is 6.84. The number of fused-ring (bicyclic) bond motifs is 3. The lowest BCUT2D eigenvalue weighted by molar-refractivity contribution is 0.0690. The van der Waals surface area contributed by atoms with Crippen LogP contribution in [0.3, 0.4) is 0 Å². The van der Waals surface area contributed by atoms with E-state index in [2.05, 4.69) is 36.4 Å². The van der Waals surface area contributed by atoms with E-state index >= 15 is 0 Å². The molecule has 0 atom stereocenters. The van der Waals surface area contributed by atoms with Crippen molar-refractivity contribution >= 4 is 44.3 Å². The molecule has 0 saturated carbocycles. The van der Waals surface area contributed by atoms with E-state index in [4.69, 9.17) is 9.84 Å². The van der Waals surface area contributed by atoms with E-state index in [1.807, 2.05) is 72.8 Å². The summed E-state index contributed by atoms with van der Waals surface area (Å²) in [5.74, 6) is 0.707. The lowest BCUT2D eigenvalue weighted by Crippen LogP contribution is -2.29. The molecule has 11 heteroatoms. The highest BCUT2D eigenvalue weighted by molar-refractivity contribution is 7.23. The van der Waals surface area contributed by atoms with Crippen LogP contribution >= 0.6 is 11.3 Å². The van der Waals surface area contributed by atoms with Gasteiger partial charge in [0, 0.05) is 29.7 Å².